The highest BCUT2D eigenvalue weighted by Gasteiger charge is 2.59. The normalized spacial score (nSPS) is 20.4. The lowest BCUT2D eigenvalue weighted by Crippen LogP contribution is -2.56. The van der Waals surface area contributed by atoms with E-state index in [1.807, 2.05) is 41.5 Å². The molecular weight excluding hydrogens is 216 g/mol. The summed E-state index contributed by atoms with van der Waals surface area (Å²) in [5.74, 6) is 0.158. The predicted octanol–water partition coefficient (Wildman–Crippen LogP) is 2.34. The van der Waals surface area contributed by atoms with Crippen LogP contribution >= 0.6 is 0 Å². The van der Waals surface area contributed by atoms with Crippen molar-refractivity contribution < 1.29 is 9.59 Å². The van der Waals surface area contributed by atoms with E-state index in [0.717, 1.165) is 0 Å². The minimum absolute atomic E-state index is 0.0509. The molecule has 17 heavy (non-hydrogen) atoms. The topological polar surface area (TPSA) is 40.6 Å². The van der Waals surface area contributed by atoms with Crippen LogP contribution in [-0.2, 0) is 4.79 Å². The molecule has 4 heteroatoms. The first kappa shape index (κ1) is 14.0. The molecule has 0 spiro atoms. The summed E-state index contributed by atoms with van der Waals surface area (Å²) in [5, 5.41) is 0. The Morgan fingerprint density at radius 3 is 1.53 bits per heavy atom. The number of hydrogen-bond acceptors (Lipinski definition) is 2. The fraction of sp³-hybridized carbons (Fsp3) is 0.846. The second-order valence-electron chi connectivity index (χ2n) is 5.75. The largest absolute Gasteiger partial charge is 0.327 e. The summed E-state index contributed by atoms with van der Waals surface area (Å²) >= 11 is 0. The summed E-state index contributed by atoms with van der Waals surface area (Å²) in [6.45, 7) is 11.8. The SMILES string of the molecule is CC(C)N1C(=O)N(C)C(C(C)C)(C(C)C)C1=O. The molecule has 1 rings (SSSR count). The first-order valence-corrected chi connectivity index (χ1v) is 6.30. The number of carbonyl (C=O) groups is 2. The summed E-state index contributed by atoms with van der Waals surface area (Å²) < 4.78 is 0. The van der Waals surface area contributed by atoms with Crippen molar-refractivity contribution >= 4 is 11.9 Å². The van der Waals surface area contributed by atoms with Crippen molar-refractivity contribution in [2.45, 2.75) is 53.1 Å². The van der Waals surface area contributed by atoms with Crippen LogP contribution in [0.15, 0.2) is 0 Å². The molecule has 1 aliphatic heterocycles. The van der Waals surface area contributed by atoms with E-state index in [1.54, 1.807) is 11.9 Å². The minimum atomic E-state index is -0.693. The van der Waals surface area contributed by atoms with Crippen LogP contribution in [0.3, 0.4) is 0 Å². The number of carbonyl (C=O) groups excluding carboxylic acids is 2. The van der Waals surface area contributed by atoms with Gasteiger partial charge >= 0.3 is 6.03 Å². The van der Waals surface area contributed by atoms with Gasteiger partial charge in [-0.05, 0) is 25.7 Å². The van der Waals surface area contributed by atoms with Gasteiger partial charge in [0.25, 0.3) is 5.91 Å². The van der Waals surface area contributed by atoms with Crippen molar-refractivity contribution in [3.8, 4) is 0 Å². The van der Waals surface area contributed by atoms with Crippen LogP contribution < -0.4 is 0 Å². The highest BCUT2D eigenvalue weighted by molar-refractivity contribution is 6.07. The molecule has 0 radical (unpaired) electrons. The van der Waals surface area contributed by atoms with Gasteiger partial charge in [-0.3, -0.25) is 9.69 Å². The second-order valence-corrected chi connectivity index (χ2v) is 5.75. The molecule has 98 valence electrons. The Labute approximate surface area is 104 Å². The minimum Gasteiger partial charge on any atom is -0.312 e. The van der Waals surface area contributed by atoms with Crippen molar-refractivity contribution in [3.63, 3.8) is 0 Å². The molecule has 1 aliphatic rings. The molecule has 1 heterocycles. The molecule has 0 aromatic rings. The Kier molecular flexibility index (Phi) is 3.55. The third-order valence-corrected chi connectivity index (χ3v) is 3.89. The zero-order valence-corrected chi connectivity index (χ0v) is 11.9. The maximum absolute atomic E-state index is 12.6. The molecule has 4 nitrogen and oxygen atoms in total. The molecule has 1 saturated heterocycles. The van der Waals surface area contributed by atoms with Gasteiger partial charge in [-0.25, -0.2) is 4.79 Å². The number of likely N-dealkylation sites (N-methyl/N-ethyl adjacent to an activating group) is 1. The van der Waals surface area contributed by atoms with Gasteiger partial charge < -0.3 is 4.90 Å². The average Bonchev–Trinajstić information content (AvgIpc) is 2.35. The summed E-state index contributed by atoms with van der Waals surface area (Å²) in [7, 11) is 1.74. The van der Waals surface area contributed by atoms with Gasteiger partial charge in [0.1, 0.15) is 5.54 Å². The van der Waals surface area contributed by atoms with E-state index in [4.69, 9.17) is 0 Å². The molecule has 3 amide bonds. The maximum Gasteiger partial charge on any atom is 0.327 e. The van der Waals surface area contributed by atoms with Crippen LogP contribution in [0, 0.1) is 11.8 Å². The van der Waals surface area contributed by atoms with E-state index in [0.29, 0.717) is 0 Å². The van der Waals surface area contributed by atoms with Crippen LogP contribution in [0.5, 0.6) is 0 Å². The van der Waals surface area contributed by atoms with Crippen molar-refractivity contribution in [2.75, 3.05) is 7.05 Å². The van der Waals surface area contributed by atoms with E-state index in [-0.39, 0.29) is 29.8 Å². The number of hydrogen-bond donors (Lipinski definition) is 0. The van der Waals surface area contributed by atoms with Crippen LogP contribution in [0.1, 0.15) is 41.5 Å². The van der Waals surface area contributed by atoms with Gasteiger partial charge in [-0.1, -0.05) is 27.7 Å². The summed E-state index contributed by atoms with van der Waals surface area (Å²) in [5.41, 5.74) is -0.693. The Morgan fingerprint density at radius 1 is 0.941 bits per heavy atom. The van der Waals surface area contributed by atoms with Crippen LogP contribution in [0.2, 0.25) is 0 Å². The molecule has 1 fully saturated rings. The van der Waals surface area contributed by atoms with Crippen LogP contribution in [0.25, 0.3) is 0 Å². The highest BCUT2D eigenvalue weighted by atomic mass is 16.2. The Hall–Kier alpha value is -1.06. The fourth-order valence-electron chi connectivity index (χ4n) is 3.13. The number of amides is 3. The van der Waals surface area contributed by atoms with E-state index >= 15 is 0 Å². The molecule has 0 aromatic carbocycles. The Balaban J connectivity index is 3.34. The number of nitrogens with zero attached hydrogens (tertiary/aromatic N) is 2. The molecule has 0 saturated carbocycles. The van der Waals surface area contributed by atoms with Gasteiger partial charge in [0, 0.05) is 13.1 Å². The van der Waals surface area contributed by atoms with Gasteiger partial charge in [0.15, 0.2) is 0 Å². The molecule has 0 aromatic heterocycles. The average molecular weight is 240 g/mol. The van der Waals surface area contributed by atoms with Crippen molar-refractivity contribution in [2.24, 2.45) is 11.8 Å². The van der Waals surface area contributed by atoms with Gasteiger partial charge in [0.05, 0.1) is 0 Å². The summed E-state index contributed by atoms with van der Waals surface area (Å²) in [6.07, 6.45) is 0. The lowest BCUT2D eigenvalue weighted by Gasteiger charge is -2.40. The molecule has 0 aliphatic carbocycles. The van der Waals surface area contributed by atoms with Gasteiger partial charge in [-0.15, -0.1) is 0 Å². The van der Waals surface area contributed by atoms with E-state index < -0.39 is 5.54 Å². The molecule has 0 N–H and O–H groups in total. The maximum atomic E-state index is 12.6. The van der Waals surface area contributed by atoms with Gasteiger partial charge in [-0.2, -0.15) is 0 Å². The van der Waals surface area contributed by atoms with Crippen molar-refractivity contribution in [1.82, 2.24) is 9.80 Å². The third-order valence-electron chi connectivity index (χ3n) is 3.89. The summed E-state index contributed by atoms with van der Waals surface area (Å²) in [4.78, 5) is 27.9. The first-order chi connectivity index (χ1) is 7.68. The van der Waals surface area contributed by atoms with E-state index in [9.17, 15) is 9.59 Å². The van der Waals surface area contributed by atoms with Crippen molar-refractivity contribution in [1.29, 1.82) is 0 Å². The second kappa shape index (κ2) is 4.31. The zero-order chi connectivity index (χ0) is 13.5. The van der Waals surface area contributed by atoms with Crippen LogP contribution in [-0.4, -0.2) is 40.4 Å². The number of rotatable bonds is 3. The smallest absolute Gasteiger partial charge is 0.312 e. The van der Waals surface area contributed by atoms with Crippen LogP contribution in [0.4, 0.5) is 4.79 Å². The third kappa shape index (κ3) is 1.65. The fourth-order valence-corrected chi connectivity index (χ4v) is 3.13. The molecular formula is C13H24N2O2. The summed E-state index contributed by atoms with van der Waals surface area (Å²) in [6, 6.07) is -0.260. The number of urea groups is 1. The van der Waals surface area contributed by atoms with Gasteiger partial charge in [0.2, 0.25) is 0 Å². The molecule has 0 atom stereocenters. The standard InChI is InChI=1S/C13H24N2O2/c1-8(2)13(9(3)4)11(16)15(10(5)6)12(17)14(13)7/h8-10H,1-7H3. The lowest BCUT2D eigenvalue weighted by atomic mass is 9.76. The highest BCUT2D eigenvalue weighted by Crippen LogP contribution is 2.40. The number of imide groups is 1. The molecule has 0 bridgehead atoms. The zero-order valence-electron chi connectivity index (χ0n) is 11.9. The Morgan fingerprint density at radius 2 is 1.35 bits per heavy atom. The monoisotopic (exact) mass is 240 g/mol. The first-order valence-electron chi connectivity index (χ1n) is 6.30. The molecule has 0 unspecified atom stereocenters. The van der Waals surface area contributed by atoms with E-state index in [1.165, 1.54) is 4.90 Å². The Bertz CT molecular complexity index is 326. The van der Waals surface area contributed by atoms with E-state index in [2.05, 4.69) is 0 Å². The predicted molar refractivity (Wildman–Crippen MR) is 67.5 cm³/mol. The quantitative estimate of drug-likeness (QED) is 0.710. The lowest BCUT2D eigenvalue weighted by molar-refractivity contribution is -0.138. The van der Waals surface area contributed by atoms with Crippen molar-refractivity contribution in [3.05, 3.63) is 0 Å².